The van der Waals surface area contributed by atoms with E-state index >= 15 is 0 Å². The molecule has 0 unspecified atom stereocenters. The van der Waals surface area contributed by atoms with Crippen LogP contribution >= 0.6 is 0 Å². The smallest absolute Gasteiger partial charge is 0.127 e. The van der Waals surface area contributed by atoms with Gasteiger partial charge in [-0.3, -0.25) is 0 Å². The van der Waals surface area contributed by atoms with E-state index in [0.29, 0.717) is 5.92 Å². The molecule has 0 saturated carbocycles. The standard InChI is InChI=1S/C17H23N3/c1-4-9-18-17-12-16(8-10-19-17)20-15-7-5-6-14(11-15)13(2)3/h5-8,10-13H,4,9H2,1-3H3,(H2,18,19,20). The molecule has 0 atom stereocenters. The number of anilines is 3. The SMILES string of the molecule is CCCNc1cc(Nc2cccc(C(C)C)c2)ccn1. The minimum absolute atomic E-state index is 0.538. The molecule has 0 spiro atoms. The minimum Gasteiger partial charge on any atom is -0.370 e. The summed E-state index contributed by atoms with van der Waals surface area (Å²) in [6.07, 6.45) is 2.92. The molecule has 0 radical (unpaired) electrons. The molecule has 0 amide bonds. The van der Waals surface area contributed by atoms with Crippen molar-refractivity contribution in [3.05, 3.63) is 48.2 Å². The topological polar surface area (TPSA) is 37.0 Å². The molecule has 106 valence electrons. The van der Waals surface area contributed by atoms with Gasteiger partial charge >= 0.3 is 0 Å². The van der Waals surface area contributed by atoms with Crippen molar-refractivity contribution in [3.63, 3.8) is 0 Å². The van der Waals surface area contributed by atoms with Crippen molar-refractivity contribution in [2.75, 3.05) is 17.2 Å². The van der Waals surface area contributed by atoms with Crippen molar-refractivity contribution >= 4 is 17.2 Å². The second-order valence-electron chi connectivity index (χ2n) is 5.26. The number of hydrogen-bond acceptors (Lipinski definition) is 3. The van der Waals surface area contributed by atoms with Crippen molar-refractivity contribution < 1.29 is 0 Å². The molecule has 3 heteroatoms. The number of aromatic nitrogens is 1. The van der Waals surface area contributed by atoms with Gasteiger partial charge in [-0.15, -0.1) is 0 Å². The molecular formula is C17H23N3. The first kappa shape index (κ1) is 14.4. The maximum atomic E-state index is 4.31. The Morgan fingerprint density at radius 3 is 2.65 bits per heavy atom. The third-order valence-electron chi connectivity index (χ3n) is 3.16. The van der Waals surface area contributed by atoms with Gasteiger partial charge in [-0.1, -0.05) is 32.9 Å². The van der Waals surface area contributed by atoms with Crippen molar-refractivity contribution in [2.45, 2.75) is 33.1 Å². The van der Waals surface area contributed by atoms with Gasteiger partial charge in [0, 0.05) is 30.2 Å². The van der Waals surface area contributed by atoms with E-state index in [1.165, 1.54) is 5.56 Å². The summed E-state index contributed by atoms with van der Waals surface area (Å²) in [5, 5.41) is 6.73. The van der Waals surface area contributed by atoms with Crippen LogP contribution in [-0.4, -0.2) is 11.5 Å². The molecule has 3 nitrogen and oxygen atoms in total. The Hall–Kier alpha value is -2.03. The molecule has 2 aromatic rings. The van der Waals surface area contributed by atoms with Gasteiger partial charge < -0.3 is 10.6 Å². The van der Waals surface area contributed by atoms with E-state index in [9.17, 15) is 0 Å². The second kappa shape index (κ2) is 6.94. The van der Waals surface area contributed by atoms with Crippen LogP contribution in [0.4, 0.5) is 17.2 Å². The van der Waals surface area contributed by atoms with Crippen LogP contribution in [0.15, 0.2) is 42.6 Å². The molecule has 2 rings (SSSR count). The average Bonchev–Trinajstić information content (AvgIpc) is 2.46. The summed E-state index contributed by atoms with van der Waals surface area (Å²) in [7, 11) is 0. The van der Waals surface area contributed by atoms with E-state index < -0.39 is 0 Å². The summed E-state index contributed by atoms with van der Waals surface area (Å²) in [5.41, 5.74) is 3.51. The predicted molar refractivity (Wildman–Crippen MR) is 86.8 cm³/mol. The number of pyridine rings is 1. The third-order valence-corrected chi connectivity index (χ3v) is 3.16. The molecule has 0 aliphatic heterocycles. The quantitative estimate of drug-likeness (QED) is 0.793. The molecule has 1 aromatic heterocycles. The van der Waals surface area contributed by atoms with Crippen molar-refractivity contribution in [3.8, 4) is 0 Å². The average molecular weight is 269 g/mol. The predicted octanol–water partition coefficient (Wildman–Crippen LogP) is 4.77. The van der Waals surface area contributed by atoms with Crippen LogP contribution in [0.25, 0.3) is 0 Å². The Kier molecular flexibility index (Phi) is 4.99. The molecule has 0 aliphatic rings. The van der Waals surface area contributed by atoms with Gasteiger partial charge in [0.2, 0.25) is 0 Å². The zero-order chi connectivity index (χ0) is 14.4. The van der Waals surface area contributed by atoms with Crippen LogP contribution in [-0.2, 0) is 0 Å². The van der Waals surface area contributed by atoms with Crippen LogP contribution in [0.5, 0.6) is 0 Å². The van der Waals surface area contributed by atoms with Crippen LogP contribution in [0.2, 0.25) is 0 Å². The summed E-state index contributed by atoms with van der Waals surface area (Å²) >= 11 is 0. The zero-order valence-electron chi connectivity index (χ0n) is 12.5. The van der Waals surface area contributed by atoms with Gasteiger partial charge in [-0.2, -0.15) is 0 Å². The molecule has 1 heterocycles. The summed E-state index contributed by atoms with van der Waals surface area (Å²) in [5.74, 6) is 1.45. The fourth-order valence-corrected chi connectivity index (χ4v) is 2.00. The molecule has 20 heavy (non-hydrogen) atoms. The highest BCUT2D eigenvalue weighted by Crippen LogP contribution is 2.22. The molecule has 0 bridgehead atoms. The van der Waals surface area contributed by atoms with Crippen molar-refractivity contribution in [1.82, 2.24) is 4.98 Å². The first-order valence-corrected chi connectivity index (χ1v) is 7.26. The zero-order valence-corrected chi connectivity index (χ0v) is 12.5. The van der Waals surface area contributed by atoms with Gasteiger partial charge in [-0.05, 0) is 36.1 Å². The summed E-state index contributed by atoms with van der Waals surface area (Å²) in [4.78, 5) is 4.31. The van der Waals surface area contributed by atoms with Gasteiger partial charge in [0.15, 0.2) is 0 Å². The Bertz CT molecular complexity index is 549. The van der Waals surface area contributed by atoms with E-state index in [1.807, 2.05) is 18.3 Å². The van der Waals surface area contributed by atoms with E-state index in [1.54, 1.807) is 0 Å². The first-order chi connectivity index (χ1) is 9.69. The molecule has 2 N–H and O–H groups in total. The maximum absolute atomic E-state index is 4.31. The summed E-state index contributed by atoms with van der Waals surface area (Å²) < 4.78 is 0. The van der Waals surface area contributed by atoms with Gasteiger partial charge in [0.1, 0.15) is 5.82 Å². The van der Waals surface area contributed by atoms with Gasteiger partial charge in [0.05, 0.1) is 0 Å². The normalized spacial score (nSPS) is 10.6. The number of nitrogens with one attached hydrogen (secondary N) is 2. The van der Waals surface area contributed by atoms with Crippen molar-refractivity contribution in [1.29, 1.82) is 0 Å². The Morgan fingerprint density at radius 1 is 1.10 bits per heavy atom. The van der Waals surface area contributed by atoms with E-state index in [0.717, 1.165) is 30.2 Å². The number of nitrogens with zero attached hydrogens (tertiary/aromatic N) is 1. The monoisotopic (exact) mass is 269 g/mol. The lowest BCUT2D eigenvalue weighted by Crippen LogP contribution is -2.02. The molecule has 0 saturated heterocycles. The molecular weight excluding hydrogens is 246 g/mol. The van der Waals surface area contributed by atoms with Crippen LogP contribution < -0.4 is 10.6 Å². The second-order valence-corrected chi connectivity index (χ2v) is 5.26. The number of hydrogen-bond donors (Lipinski definition) is 2. The highest BCUT2D eigenvalue weighted by Gasteiger charge is 2.01. The summed E-state index contributed by atoms with van der Waals surface area (Å²) in [6.45, 7) is 7.50. The lowest BCUT2D eigenvalue weighted by Gasteiger charge is -2.11. The fourth-order valence-electron chi connectivity index (χ4n) is 2.00. The third kappa shape index (κ3) is 3.98. The highest BCUT2D eigenvalue weighted by molar-refractivity contribution is 5.63. The molecule has 0 aliphatic carbocycles. The lowest BCUT2D eigenvalue weighted by molar-refractivity contribution is 0.867. The van der Waals surface area contributed by atoms with E-state index in [2.05, 4.69) is 60.7 Å². The Morgan fingerprint density at radius 2 is 1.90 bits per heavy atom. The van der Waals surface area contributed by atoms with E-state index in [4.69, 9.17) is 0 Å². The lowest BCUT2D eigenvalue weighted by atomic mass is 10.0. The van der Waals surface area contributed by atoms with Crippen LogP contribution in [0.1, 0.15) is 38.7 Å². The maximum Gasteiger partial charge on any atom is 0.127 e. The first-order valence-electron chi connectivity index (χ1n) is 7.26. The molecule has 0 fully saturated rings. The van der Waals surface area contributed by atoms with Gasteiger partial charge in [0.25, 0.3) is 0 Å². The number of benzene rings is 1. The highest BCUT2D eigenvalue weighted by atomic mass is 15.0. The minimum atomic E-state index is 0.538. The van der Waals surface area contributed by atoms with Gasteiger partial charge in [-0.25, -0.2) is 4.98 Å². The fraction of sp³-hybridized carbons (Fsp3) is 0.353. The number of rotatable bonds is 6. The van der Waals surface area contributed by atoms with Crippen LogP contribution in [0.3, 0.4) is 0 Å². The van der Waals surface area contributed by atoms with Crippen LogP contribution in [0, 0.1) is 0 Å². The summed E-state index contributed by atoms with van der Waals surface area (Å²) in [6, 6.07) is 12.6. The van der Waals surface area contributed by atoms with E-state index in [-0.39, 0.29) is 0 Å². The molecule has 1 aromatic carbocycles. The Balaban J connectivity index is 2.11. The Labute approximate surface area is 121 Å². The largest absolute Gasteiger partial charge is 0.370 e. The van der Waals surface area contributed by atoms with Crippen molar-refractivity contribution in [2.24, 2.45) is 0 Å².